The van der Waals surface area contributed by atoms with Gasteiger partial charge in [-0.15, -0.1) is 11.8 Å². The van der Waals surface area contributed by atoms with E-state index >= 15 is 0 Å². The topological polar surface area (TPSA) is 38.3 Å². The van der Waals surface area contributed by atoms with E-state index in [0.717, 1.165) is 9.37 Å². The molecule has 1 aromatic carbocycles. The third kappa shape index (κ3) is 5.46. The summed E-state index contributed by atoms with van der Waals surface area (Å²) < 4.78 is 6.24. The number of hydrogen-bond acceptors (Lipinski definition) is 4. The molecule has 0 aliphatic heterocycles. The van der Waals surface area contributed by atoms with Crippen molar-refractivity contribution in [2.45, 2.75) is 44.2 Å². The van der Waals surface area contributed by atoms with E-state index < -0.39 is 5.54 Å². The number of nitrogens with one attached hydrogen (secondary N) is 1. The van der Waals surface area contributed by atoms with Crippen LogP contribution in [0.4, 0.5) is 0 Å². The number of ether oxygens (including phenoxy) is 1. The summed E-state index contributed by atoms with van der Waals surface area (Å²) in [6.07, 6.45) is 0. The van der Waals surface area contributed by atoms with Crippen molar-refractivity contribution in [3.8, 4) is 0 Å². The first-order valence-electron chi connectivity index (χ1n) is 6.70. The molecule has 5 heteroatoms. The molecule has 112 valence electrons. The molecule has 0 fully saturated rings. The minimum Gasteiger partial charge on any atom is -0.465 e. The number of esters is 1. The molecule has 0 radical (unpaired) electrons. The number of carbonyl (C=O) groups excluding carboxylic acids is 1. The molecule has 3 nitrogen and oxygen atoms in total. The minimum absolute atomic E-state index is 0.196. The Morgan fingerprint density at radius 3 is 2.50 bits per heavy atom. The van der Waals surface area contributed by atoms with E-state index in [1.54, 1.807) is 11.8 Å². The monoisotopic (exact) mass is 359 g/mol. The molecule has 1 N–H and O–H groups in total. The highest BCUT2D eigenvalue weighted by Crippen LogP contribution is 2.25. The number of halogens is 1. The van der Waals surface area contributed by atoms with Crippen LogP contribution in [0, 0.1) is 0 Å². The molecule has 1 unspecified atom stereocenters. The lowest BCUT2D eigenvalue weighted by Crippen LogP contribution is -2.55. The fraction of sp³-hybridized carbons (Fsp3) is 0.533. The summed E-state index contributed by atoms with van der Waals surface area (Å²) in [6, 6.07) is 8.29. The van der Waals surface area contributed by atoms with Crippen LogP contribution in [0.5, 0.6) is 0 Å². The van der Waals surface area contributed by atoms with Gasteiger partial charge in [-0.25, -0.2) is 0 Å². The van der Waals surface area contributed by atoms with E-state index in [4.69, 9.17) is 4.74 Å². The van der Waals surface area contributed by atoms with Crippen LogP contribution in [0.3, 0.4) is 0 Å². The first kappa shape index (κ1) is 17.5. The molecule has 0 aliphatic rings. The molecule has 0 aromatic heterocycles. The van der Waals surface area contributed by atoms with Crippen LogP contribution in [0.2, 0.25) is 0 Å². The molecule has 0 amide bonds. The zero-order chi connectivity index (χ0) is 15.2. The molecule has 0 heterocycles. The van der Waals surface area contributed by atoms with Gasteiger partial charge >= 0.3 is 5.97 Å². The quantitative estimate of drug-likeness (QED) is 0.592. The summed E-state index contributed by atoms with van der Waals surface area (Å²) >= 11 is 5.06. The van der Waals surface area contributed by atoms with E-state index in [-0.39, 0.29) is 12.0 Å². The van der Waals surface area contributed by atoms with Crippen LogP contribution < -0.4 is 5.32 Å². The molecule has 0 spiro atoms. The fourth-order valence-corrected chi connectivity index (χ4v) is 3.09. The average Bonchev–Trinajstić information content (AvgIpc) is 2.37. The number of rotatable bonds is 7. The molecular weight excluding hydrogens is 338 g/mol. The highest BCUT2D eigenvalue weighted by Gasteiger charge is 2.35. The van der Waals surface area contributed by atoms with Crippen LogP contribution >= 0.6 is 27.7 Å². The molecule has 20 heavy (non-hydrogen) atoms. The van der Waals surface area contributed by atoms with Gasteiger partial charge in [-0.2, -0.15) is 0 Å². The van der Waals surface area contributed by atoms with E-state index in [1.165, 1.54) is 0 Å². The van der Waals surface area contributed by atoms with Crippen molar-refractivity contribution in [2.24, 2.45) is 0 Å². The molecule has 0 bridgehead atoms. The summed E-state index contributed by atoms with van der Waals surface area (Å²) in [5, 5.41) is 3.32. The van der Waals surface area contributed by atoms with Crippen molar-refractivity contribution >= 4 is 33.7 Å². The summed E-state index contributed by atoms with van der Waals surface area (Å²) in [5.41, 5.74) is -0.679. The second-order valence-corrected chi connectivity index (χ2v) is 7.06. The Hall–Kier alpha value is -0.520. The van der Waals surface area contributed by atoms with Gasteiger partial charge in [0, 0.05) is 21.2 Å². The van der Waals surface area contributed by atoms with Gasteiger partial charge in [0.25, 0.3) is 0 Å². The van der Waals surface area contributed by atoms with Gasteiger partial charge in [-0.1, -0.05) is 15.9 Å². The molecule has 1 atom stereocenters. The zero-order valence-electron chi connectivity index (χ0n) is 12.4. The minimum atomic E-state index is -0.679. The summed E-state index contributed by atoms with van der Waals surface area (Å²) in [7, 11) is 0. The van der Waals surface area contributed by atoms with Gasteiger partial charge in [0.15, 0.2) is 0 Å². The number of hydrogen-bond donors (Lipinski definition) is 1. The van der Waals surface area contributed by atoms with Crippen molar-refractivity contribution in [1.82, 2.24) is 5.32 Å². The first-order valence-corrected chi connectivity index (χ1v) is 8.48. The predicted molar refractivity (Wildman–Crippen MR) is 88.2 cm³/mol. The van der Waals surface area contributed by atoms with Gasteiger partial charge in [0.2, 0.25) is 0 Å². The van der Waals surface area contributed by atoms with Crippen molar-refractivity contribution < 1.29 is 9.53 Å². The van der Waals surface area contributed by atoms with Crippen molar-refractivity contribution in [3.63, 3.8) is 0 Å². The second-order valence-electron chi connectivity index (χ2n) is 5.09. The third-order valence-corrected chi connectivity index (χ3v) is 4.53. The summed E-state index contributed by atoms with van der Waals surface area (Å²) in [4.78, 5) is 13.3. The average molecular weight is 360 g/mol. The third-order valence-electron chi connectivity index (χ3n) is 2.67. The van der Waals surface area contributed by atoms with E-state index in [9.17, 15) is 4.79 Å². The Kier molecular flexibility index (Phi) is 7.06. The Morgan fingerprint density at radius 2 is 2.00 bits per heavy atom. The molecule has 0 aliphatic carbocycles. The zero-order valence-corrected chi connectivity index (χ0v) is 14.8. The standard InChI is InChI=1S/C15H22BrNO2S/c1-5-19-14(18)15(4,17-11(2)3)10-20-13-8-6-12(16)7-9-13/h6-9,11,17H,5,10H2,1-4H3. The Morgan fingerprint density at radius 1 is 1.40 bits per heavy atom. The lowest BCUT2D eigenvalue weighted by molar-refractivity contribution is -0.149. The molecule has 1 aromatic rings. The Labute approximate surface area is 134 Å². The molecule has 1 rings (SSSR count). The van der Waals surface area contributed by atoms with Gasteiger partial charge in [-0.05, 0) is 52.0 Å². The second kappa shape index (κ2) is 8.05. The van der Waals surface area contributed by atoms with Crippen LogP contribution in [-0.2, 0) is 9.53 Å². The molecule has 0 saturated carbocycles. The van der Waals surface area contributed by atoms with Crippen molar-refractivity contribution in [1.29, 1.82) is 0 Å². The Bertz CT molecular complexity index is 436. The number of carbonyl (C=O) groups is 1. The van der Waals surface area contributed by atoms with Crippen LogP contribution in [0.1, 0.15) is 27.7 Å². The first-order chi connectivity index (χ1) is 9.37. The maximum Gasteiger partial charge on any atom is 0.326 e. The van der Waals surface area contributed by atoms with E-state index in [0.29, 0.717) is 12.4 Å². The highest BCUT2D eigenvalue weighted by atomic mass is 79.9. The summed E-state index contributed by atoms with van der Waals surface area (Å²) in [6.45, 7) is 8.19. The number of benzene rings is 1. The molecule has 0 saturated heterocycles. The lowest BCUT2D eigenvalue weighted by atomic mass is 10.0. The Balaban J connectivity index is 2.73. The largest absolute Gasteiger partial charge is 0.465 e. The number of thioether (sulfide) groups is 1. The normalized spacial score (nSPS) is 14.1. The van der Waals surface area contributed by atoms with Gasteiger partial charge in [0.1, 0.15) is 5.54 Å². The maximum absolute atomic E-state index is 12.2. The highest BCUT2D eigenvalue weighted by molar-refractivity contribution is 9.10. The smallest absolute Gasteiger partial charge is 0.326 e. The maximum atomic E-state index is 12.2. The van der Waals surface area contributed by atoms with Crippen LogP contribution in [-0.4, -0.2) is 29.9 Å². The van der Waals surface area contributed by atoms with E-state index in [1.807, 2.05) is 52.0 Å². The predicted octanol–water partition coefficient (Wildman–Crippen LogP) is 3.86. The van der Waals surface area contributed by atoms with Gasteiger partial charge in [0.05, 0.1) is 6.61 Å². The van der Waals surface area contributed by atoms with Crippen LogP contribution in [0.25, 0.3) is 0 Å². The van der Waals surface area contributed by atoms with Crippen LogP contribution in [0.15, 0.2) is 33.6 Å². The van der Waals surface area contributed by atoms with E-state index in [2.05, 4.69) is 21.2 Å². The van der Waals surface area contributed by atoms with Gasteiger partial charge in [-0.3, -0.25) is 10.1 Å². The van der Waals surface area contributed by atoms with Crippen molar-refractivity contribution in [2.75, 3.05) is 12.4 Å². The van der Waals surface area contributed by atoms with Gasteiger partial charge < -0.3 is 4.74 Å². The van der Waals surface area contributed by atoms with Crippen molar-refractivity contribution in [3.05, 3.63) is 28.7 Å². The fourth-order valence-electron chi connectivity index (χ4n) is 1.85. The molecular formula is C15H22BrNO2S. The summed E-state index contributed by atoms with van der Waals surface area (Å²) in [5.74, 6) is 0.435. The lowest BCUT2D eigenvalue weighted by Gasteiger charge is -2.30. The SMILES string of the molecule is CCOC(=O)C(C)(CSc1ccc(Br)cc1)NC(C)C.